The first-order chi connectivity index (χ1) is 12.0. The molecule has 0 spiro atoms. The summed E-state index contributed by atoms with van der Waals surface area (Å²) >= 11 is 5.84. The van der Waals surface area contributed by atoms with Crippen LogP contribution in [0.25, 0.3) is 11.3 Å². The van der Waals surface area contributed by atoms with Crippen LogP contribution in [0.4, 0.5) is 14.5 Å². The zero-order valence-corrected chi connectivity index (χ0v) is 13.4. The molecule has 0 aliphatic rings. The van der Waals surface area contributed by atoms with Gasteiger partial charge in [-0.25, -0.2) is 0 Å². The topological polar surface area (TPSA) is 67.0 Å². The molecule has 1 amide bonds. The highest BCUT2D eigenvalue weighted by molar-refractivity contribution is 6.30. The summed E-state index contributed by atoms with van der Waals surface area (Å²) in [6, 6.07) is 14.4. The summed E-state index contributed by atoms with van der Waals surface area (Å²) in [6.07, 6.45) is 0. The lowest BCUT2D eigenvalue weighted by atomic mass is 10.1. The number of anilines is 1. The Kier molecular flexibility index (Phi) is 4.95. The first-order valence-corrected chi connectivity index (χ1v) is 7.57. The molecule has 128 valence electrons. The number of aromatic nitrogens is 2. The Bertz CT molecular complexity index is 882. The van der Waals surface area contributed by atoms with E-state index in [1.54, 1.807) is 36.4 Å². The molecule has 1 heterocycles. The largest absolute Gasteiger partial charge is 0.433 e. The second kappa shape index (κ2) is 7.31. The highest BCUT2D eigenvalue weighted by atomic mass is 35.5. The van der Waals surface area contributed by atoms with Gasteiger partial charge in [0.15, 0.2) is 0 Å². The van der Waals surface area contributed by atoms with Gasteiger partial charge in [0, 0.05) is 10.6 Å². The Labute approximate surface area is 146 Å². The number of benzene rings is 2. The maximum atomic E-state index is 12.4. The number of H-pyrrole nitrogens is 1. The third kappa shape index (κ3) is 4.13. The predicted octanol–water partition coefficient (Wildman–Crippen LogP) is 4.58. The van der Waals surface area contributed by atoms with Gasteiger partial charge in [-0.3, -0.25) is 9.89 Å². The van der Waals surface area contributed by atoms with Crippen LogP contribution < -0.4 is 10.1 Å². The molecule has 8 heteroatoms. The van der Waals surface area contributed by atoms with Gasteiger partial charge in [0.2, 0.25) is 0 Å². The predicted molar refractivity (Wildman–Crippen MR) is 90.1 cm³/mol. The lowest BCUT2D eigenvalue weighted by molar-refractivity contribution is -0.0493. The number of hydrogen-bond donors (Lipinski definition) is 2. The number of ether oxygens (including phenoxy) is 1. The van der Waals surface area contributed by atoms with Gasteiger partial charge in [0.25, 0.3) is 5.91 Å². The van der Waals surface area contributed by atoms with Crippen LogP contribution >= 0.6 is 11.6 Å². The molecule has 2 aromatic carbocycles. The molecule has 0 aliphatic carbocycles. The third-order valence-electron chi connectivity index (χ3n) is 3.31. The number of para-hydroxylation sites is 2. The molecule has 2 N–H and O–H groups in total. The second-order valence-corrected chi connectivity index (χ2v) is 5.44. The molecule has 0 fully saturated rings. The van der Waals surface area contributed by atoms with E-state index in [9.17, 15) is 13.6 Å². The third-order valence-corrected chi connectivity index (χ3v) is 3.57. The zero-order valence-electron chi connectivity index (χ0n) is 12.7. The fraction of sp³-hybridized carbons (Fsp3) is 0.0588. The van der Waals surface area contributed by atoms with Crippen molar-refractivity contribution in [3.63, 3.8) is 0 Å². The monoisotopic (exact) mass is 363 g/mol. The van der Waals surface area contributed by atoms with Gasteiger partial charge < -0.3 is 10.1 Å². The Morgan fingerprint density at radius 3 is 2.60 bits per heavy atom. The Morgan fingerprint density at radius 1 is 1.16 bits per heavy atom. The first kappa shape index (κ1) is 16.9. The molecular weight excluding hydrogens is 352 g/mol. The zero-order chi connectivity index (χ0) is 17.8. The number of rotatable bonds is 5. The summed E-state index contributed by atoms with van der Waals surface area (Å²) in [5, 5.41) is 9.79. The quantitative estimate of drug-likeness (QED) is 0.697. The molecule has 25 heavy (non-hydrogen) atoms. The average Bonchev–Trinajstić information content (AvgIpc) is 3.07. The molecule has 0 radical (unpaired) electrons. The van der Waals surface area contributed by atoms with E-state index in [1.165, 1.54) is 18.2 Å². The number of carbonyl (C=O) groups excluding carboxylic acids is 1. The summed E-state index contributed by atoms with van der Waals surface area (Å²) in [7, 11) is 0. The van der Waals surface area contributed by atoms with Crippen LogP contribution in [0.3, 0.4) is 0 Å². The van der Waals surface area contributed by atoms with E-state index in [4.69, 9.17) is 11.6 Å². The van der Waals surface area contributed by atoms with Crippen molar-refractivity contribution in [3.05, 3.63) is 65.3 Å². The maximum Gasteiger partial charge on any atom is 0.387 e. The fourth-order valence-electron chi connectivity index (χ4n) is 2.16. The number of carbonyl (C=O) groups is 1. The van der Waals surface area contributed by atoms with E-state index >= 15 is 0 Å². The van der Waals surface area contributed by atoms with Crippen molar-refractivity contribution < 1.29 is 18.3 Å². The van der Waals surface area contributed by atoms with Gasteiger partial charge in [0.1, 0.15) is 11.4 Å². The number of halogens is 3. The number of alkyl halides is 2. The second-order valence-electron chi connectivity index (χ2n) is 5.00. The highest BCUT2D eigenvalue weighted by Crippen LogP contribution is 2.26. The van der Waals surface area contributed by atoms with Crippen LogP contribution in [0.1, 0.15) is 10.5 Å². The van der Waals surface area contributed by atoms with Crippen molar-refractivity contribution in [2.45, 2.75) is 6.61 Å². The van der Waals surface area contributed by atoms with Crippen molar-refractivity contribution >= 4 is 23.2 Å². The van der Waals surface area contributed by atoms with E-state index in [-0.39, 0.29) is 17.1 Å². The molecule has 0 aliphatic heterocycles. The van der Waals surface area contributed by atoms with Crippen LogP contribution in [-0.4, -0.2) is 22.7 Å². The Hall–Kier alpha value is -2.93. The molecule has 0 unspecified atom stereocenters. The van der Waals surface area contributed by atoms with Crippen LogP contribution in [0.5, 0.6) is 5.75 Å². The Morgan fingerprint density at radius 2 is 1.88 bits per heavy atom. The first-order valence-electron chi connectivity index (χ1n) is 7.19. The summed E-state index contributed by atoms with van der Waals surface area (Å²) in [5.74, 6) is -0.652. The Balaban J connectivity index is 1.78. The van der Waals surface area contributed by atoms with Gasteiger partial charge in [-0.15, -0.1) is 0 Å². The lowest BCUT2D eigenvalue weighted by Gasteiger charge is -2.10. The van der Waals surface area contributed by atoms with E-state index < -0.39 is 12.5 Å². The summed E-state index contributed by atoms with van der Waals surface area (Å²) in [5.41, 5.74) is 1.65. The molecule has 3 aromatic rings. The van der Waals surface area contributed by atoms with Crippen molar-refractivity contribution in [2.75, 3.05) is 5.32 Å². The summed E-state index contributed by atoms with van der Waals surface area (Å²) < 4.78 is 29.2. The lowest BCUT2D eigenvalue weighted by Crippen LogP contribution is -2.14. The molecule has 0 bridgehead atoms. The highest BCUT2D eigenvalue weighted by Gasteiger charge is 2.15. The molecule has 1 aromatic heterocycles. The van der Waals surface area contributed by atoms with Crippen molar-refractivity contribution in [2.24, 2.45) is 0 Å². The van der Waals surface area contributed by atoms with Gasteiger partial charge in [-0.05, 0) is 30.3 Å². The number of nitrogens with zero attached hydrogens (tertiary/aromatic N) is 1. The molecule has 0 saturated carbocycles. The van der Waals surface area contributed by atoms with Crippen LogP contribution in [0.15, 0.2) is 54.6 Å². The maximum absolute atomic E-state index is 12.4. The van der Waals surface area contributed by atoms with Gasteiger partial charge in [-0.1, -0.05) is 35.9 Å². The van der Waals surface area contributed by atoms with E-state index in [0.29, 0.717) is 10.7 Å². The van der Waals surface area contributed by atoms with Crippen LogP contribution in [0, 0.1) is 0 Å². The van der Waals surface area contributed by atoms with Crippen molar-refractivity contribution in [1.29, 1.82) is 0 Å². The number of nitrogens with one attached hydrogen (secondary N) is 2. The van der Waals surface area contributed by atoms with Crippen LogP contribution in [-0.2, 0) is 0 Å². The molecular formula is C17H12ClF2N3O2. The molecule has 0 atom stereocenters. The van der Waals surface area contributed by atoms with E-state index in [2.05, 4.69) is 20.3 Å². The minimum Gasteiger partial charge on any atom is -0.433 e. The normalized spacial score (nSPS) is 10.7. The smallest absolute Gasteiger partial charge is 0.387 e. The summed E-state index contributed by atoms with van der Waals surface area (Å²) in [4.78, 5) is 12.3. The number of amides is 1. The fourth-order valence-corrected chi connectivity index (χ4v) is 2.29. The molecule has 5 nitrogen and oxygen atoms in total. The average molecular weight is 364 g/mol. The van der Waals surface area contributed by atoms with E-state index in [0.717, 1.165) is 5.56 Å². The number of aromatic amines is 1. The SMILES string of the molecule is O=C(Nc1ccccc1OC(F)F)c1cc(-c2ccc(Cl)cc2)n[nH]1. The standard InChI is InChI=1S/C17H12ClF2N3O2/c18-11-7-5-10(6-8-11)13-9-14(23-22-13)16(24)21-12-3-1-2-4-15(12)25-17(19)20/h1-9,17H,(H,21,24)(H,22,23). The molecule has 3 rings (SSSR count). The minimum absolute atomic E-state index is 0.122. The minimum atomic E-state index is -2.98. The number of hydrogen-bond acceptors (Lipinski definition) is 3. The van der Waals surface area contributed by atoms with E-state index in [1.807, 2.05) is 0 Å². The molecule has 0 saturated heterocycles. The van der Waals surface area contributed by atoms with Gasteiger partial charge >= 0.3 is 6.61 Å². The summed E-state index contributed by atoms with van der Waals surface area (Å²) in [6.45, 7) is -2.98. The van der Waals surface area contributed by atoms with Crippen molar-refractivity contribution in [1.82, 2.24) is 10.2 Å². The van der Waals surface area contributed by atoms with Crippen molar-refractivity contribution in [3.8, 4) is 17.0 Å². The van der Waals surface area contributed by atoms with Gasteiger partial charge in [0.05, 0.1) is 11.4 Å². The van der Waals surface area contributed by atoms with Crippen LogP contribution in [0.2, 0.25) is 5.02 Å². The van der Waals surface area contributed by atoms with Gasteiger partial charge in [-0.2, -0.15) is 13.9 Å².